The van der Waals surface area contributed by atoms with Crippen LogP contribution in [0.2, 0.25) is 0 Å². The van der Waals surface area contributed by atoms with Crippen molar-refractivity contribution in [1.29, 1.82) is 0 Å². The van der Waals surface area contributed by atoms with Gasteiger partial charge in [0.1, 0.15) is 5.60 Å². The Morgan fingerprint density at radius 2 is 2.00 bits per heavy atom. The maximum absolute atomic E-state index is 11.5. The highest BCUT2D eigenvalue weighted by molar-refractivity contribution is 7.98. The standard InChI is InChI=1S/C14H22N2O2S/c1-14(18,12-7-4-3-5-8-12)11-16-13(17)15-9-6-10-19-2/h3-5,7-8,18H,6,9-11H2,1-2H3,(H2,15,16,17). The van der Waals surface area contributed by atoms with E-state index in [0.29, 0.717) is 6.54 Å². The van der Waals surface area contributed by atoms with Crippen LogP contribution >= 0.6 is 11.8 Å². The fourth-order valence-corrected chi connectivity index (χ4v) is 2.07. The molecule has 0 aliphatic rings. The number of amides is 2. The van der Waals surface area contributed by atoms with Crippen molar-refractivity contribution in [1.82, 2.24) is 10.6 Å². The van der Waals surface area contributed by atoms with Crippen LogP contribution in [0.15, 0.2) is 30.3 Å². The normalized spacial score (nSPS) is 13.6. The largest absolute Gasteiger partial charge is 0.384 e. The Hall–Kier alpha value is -1.20. The van der Waals surface area contributed by atoms with E-state index >= 15 is 0 Å². The Morgan fingerprint density at radius 1 is 1.32 bits per heavy atom. The third-order valence-corrected chi connectivity index (χ3v) is 3.50. The van der Waals surface area contributed by atoms with Gasteiger partial charge in [-0.1, -0.05) is 30.3 Å². The average Bonchev–Trinajstić information content (AvgIpc) is 2.42. The summed E-state index contributed by atoms with van der Waals surface area (Å²) >= 11 is 1.76. The first kappa shape index (κ1) is 15.9. The van der Waals surface area contributed by atoms with Crippen LogP contribution in [0.4, 0.5) is 4.79 Å². The summed E-state index contributed by atoms with van der Waals surface area (Å²) in [6, 6.07) is 9.08. The molecule has 1 aromatic carbocycles. The Morgan fingerprint density at radius 3 is 2.63 bits per heavy atom. The number of hydrogen-bond acceptors (Lipinski definition) is 3. The van der Waals surface area contributed by atoms with Crippen LogP contribution < -0.4 is 10.6 Å². The zero-order valence-corrected chi connectivity index (χ0v) is 12.3. The van der Waals surface area contributed by atoms with E-state index in [9.17, 15) is 9.90 Å². The molecule has 0 saturated heterocycles. The third kappa shape index (κ3) is 5.98. The number of benzene rings is 1. The second-order valence-corrected chi connectivity index (χ2v) is 5.58. The van der Waals surface area contributed by atoms with E-state index in [-0.39, 0.29) is 12.6 Å². The van der Waals surface area contributed by atoms with Crippen molar-refractivity contribution in [3.8, 4) is 0 Å². The molecule has 0 heterocycles. The van der Waals surface area contributed by atoms with Gasteiger partial charge in [-0.2, -0.15) is 11.8 Å². The summed E-state index contributed by atoms with van der Waals surface area (Å²) in [6.45, 7) is 2.53. The Bertz CT molecular complexity index is 382. The number of thioether (sulfide) groups is 1. The molecule has 0 radical (unpaired) electrons. The van der Waals surface area contributed by atoms with Crippen LogP contribution in [-0.4, -0.2) is 36.2 Å². The summed E-state index contributed by atoms with van der Waals surface area (Å²) in [4.78, 5) is 11.5. The number of carbonyl (C=O) groups excluding carboxylic acids is 1. The maximum Gasteiger partial charge on any atom is 0.314 e. The van der Waals surface area contributed by atoms with Crippen molar-refractivity contribution in [2.24, 2.45) is 0 Å². The SMILES string of the molecule is CSCCCNC(=O)NCC(C)(O)c1ccccc1. The molecule has 0 aromatic heterocycles. The molecule has 0 aliphatic carbocycles. The van der Waals surface area contributed by atoms with Crippen molar-refractivity contribution in [3.05, 3.63) is 35.9 Å². The summed E-state index contributed by atoms with van der Waals surface area (Å²) in [7, 11) is 0. The number of carbonyl (C=O) groups is 1. The van der Waals surface area contributed by atoms with Gasteiger partial charge in [0.2, 0.25) is 0 Å². The molecule has 1 atom stereocenters. The van der Waals surface area contributed by atoms with E-state index in [1.807, 2.05) is 36.6 Å². The molecule has 5 heteroatoms. The number of urea groups is 1. The van der Waals surface area contributed by atoms with Gasteiger partial charge >= 0.3 is 6.03 Å². The van der Waals surface area contributed by atoms with Crippen molar-refractivity contribution in [3.63, 3.8) is 0 Å². The van der Waals surface area contributed by atoms with Crippen LogP contribution in [0.25, 0.3) is 0 Å². The molecule has 106 valence electrons. The molecular weight excluding hydrogens is 260 g/mol. The van der Waals surface area contributed by atoms with Crippen LogP contribution in [0.1, 0.15) is 18.9 Å². The van der Waals surface area contributed by atoms with Crippen LogP contribution in [0.3, 0.4) is 0 Å². The number of hydrogen-bond donors (Lipinski definition) is 3. The van der Waals surface area contributed by atoms with Crippen molar-refractivity contribution >= 4 is 17.8 Å². The smallest absolute Gasteiger partial charge is 0.314 e. The van der Waals surface area contributed by atoms with Gasteiger partial charge in [-0.05, 0) is 30.9 Å². The highest BCUT2D eigenvalue weighted by Crippen LogP contribution is 2.18. The van der Waals surface area contributed by atoms with E-state index in [2.05, 4.69) is 10.6 Å². The van der Waals surface area contributed by atoms with Gasteiger partial charge in [-0.3, -0.25) is 0 Å². The molecule has 2 amide bonds. The predicted octanol–water partition coefficient (Wildman–Crippen LogP) is 1.95. The van der Waals surface area contributed by atoms with Gasteiger partial charge in [-0.25, -0.2) is 4.79 Å². The summed E-state index contributed by atoms with van der Waals surface area (Å²) in [5.74, 6) is 1.03. The summed E-state index contributed by atoms with van der Waals surface area (Å²) in [5, 5.41) is 15.8. The predicted molar refractivity (Wildman–Crippen MR) is 80.4 cm³/mol. The quantitative estimate of drug-likeness (QED) is 0.670. The highest BCUT2D eigenvalue weighted by atomic mass is 32.2. The van der Waals surface area contributed by atoms with E-state index in [0.717, 1.165) is 17.7 Å². The van der Waals surface area contributed by atoms with Crippen molar-refractivity contribution in [2.75, 3.05) is 25.1 Å². The van der Waals surface area contributed by atoms with Gasteiger partial charge in [0.15, 0.2) is 0 Å². The molecule has 4 nitrogen and oxygen atoms in total. The summed E-state index contributed by atoms with van der Waals surface area (Å²) in [5.41, 5.74) is -0.268. The lowest BCUT2D eigenvalue weighted by molar-refractivity contribution is 0.0594. The van der Waals surface area contributed by atoms with Crippen molar-refractivity contribution in [2.45, 2.75) is 18.9 Å². The fraction of sp³-hybridized carbons (Fsp3) is 0.500. The summed E-state index contributed by atoms with van der Waals surface area (Å²) in [6.07, 6.45) is 2.99. The minimum atomic E-state index is -1.06. The number of rotatable bonds is 7. The molecule has 0 spiro atoms. The van der Waals surface area contributed by atoms with Crippen LogP contribution in [0.5, 0.6) is 0 Å². The zero-order valence-electron chi connectivity index (χ0n) is 11.5. The molecule has 0 bridgehead atoms. The van der Waals surface area contributed by atoms with E-state index < -0.39 is 5.60 Å². The minimum Gasteiger partial charge on any atom is -0.384 e. The van der Waals surface area contributed by atoms with Crippen LogP contribution in [-0.2, 0) is 5.60 Å². The van der Waals surface area contributed by atoms with E-state index in [4.69, 9.17) is 0 Å². The topological polar surface area (TPSA) is 61.4 Å². The first-order valence-electron chi connectivity index (χ1n) is 6.35. The molecule has 1 unspecified atom stereocenters. The lowest BCUT2D eigenvalue weighted by atomic mass is 9.96. The first-order chi connectivity index (χ1) is 9.06. The fourth-order valence-electron chi connectivity index (χ4n) is 1.63. The Kier molecular flexibility index (Phi) is 6.73. The van der Waals surface area contributed by atoms with E-state index in [1.54, 1.807) is 18.7 Å². The highest BCUT2D eigenvalue weighted by Gasteiger charge is 2.23. The molecule has 1 aromatic rings. The average molecular weight is 282 g/mol. The molecular formula is C14H22N2O2S. The second kappa shape index (κ2) is 8.07. The van der Waals surface area contributed by atoms with Crippen molar-refractivity contribution < 1.29 is 9.90 Å². The molecule has 19 heavy (non-hydrogen) atoms. The molecule has 0 fully saturated rings. The minimum absolute atomic E-state index is 0.186. The van der Waals surface area contributed by atoms with Crippen LogP contribution in [0, 0.1) is 0 Å². The van der Waals surface area contributed by atoms with E-state index in [1.165, 1.54) is 0 Å². The third-order valence-electron chi connectivity index (χ3n) is 2.80. The molecule has 0 aliphatic heterocycles. The van der Waals surface area contributed by atoms with Gasteiger partial charge in [-0.15, -0.1) is 0 Å². The van der Waals surface area contributed by atoms with Gasteiger partial charge < -0.3 is 15.7 Å². The Balaban J connectivity index is 2.33. The second-order valence-electron chi connectivity index (χ2n) is 4.60. The molecule has 0 saturated carbocycles. The van der Waals surface area contributed by atoms with Gasteiger partial charge in [0.05, 0.1) is 6.54 Å². The lowest BCUT2D eigenvalue weighted by Crippen LogP contribution is -2.43. The monoisotopic (exact) mass is 282 g/mol. The van der Waals surface area contributed by atoms with Gasteiger partial charge in [0.25, 0.3) is 0 Å². The molecule has 1 rings (SSSR count). The Labute approximate surface area is 119 Å². The maximum atomic E-state index is 11.5. The summed E-state index contributed by atoms with van der Waals surface area (Å²) < 4.78 is 0. The lowest BCUT2D eigenvalue weighted by Gasteiger charge is -2.24. The zero-order chi connectivity index (χ0) is 14.1. The molecule has 3 N–H and O–H groups in total. The number of nitrogens with one attached hydrogen (secondary N) is 2. The first-order valence-corrected chi connectivity index (χ1v) is 7.74. The number of aliphatic hydroxyl groups is 1. The van der Waals surface area contributed by atoms with Gasteiger partial charge in [0, 0.05) is 6.54 Å².